The molecule has 27 heavy (non-hydrogen) atoms. The number of hydrogen-bond donors (Lipinski definition) is 1. The van der Waals surface area contributed by atoms with E-state index >= 15 is 0 Å². The fourth-order valence-electron chi connectivity index (χ4n) is 3.73. The molecule has 6 heteroatoms. The molecule has 2 fully saturated rings. The van der Waals surface area contributed by atoms with Crippen molar-refractivity contribution in [2.24, 2.45) is 0 Å². The zero-order valence-electron chi connectivity index (χ0n) is 15.0. The van der Waals surface area contributed by atoms with E-state index < -0.39 is 6.04 Å². The molecule has 5 nitrogen and oxygen atoms in total. The van der Waals surface area contributed by atoms with Gasteiger partial charge in [-0.2, -0.15) is 0 Å². The normalized spacial score (nSPS) is 20.3. The highest BCUT2D eigenvalue weighted by Gasteiger charge is 2.39. The van der Waals surface area contributed by atoms with Gasteiger partial charge < -0.3 is 10.2 Å². The zero-order valence-corrected chi connectivity index (χ0v) is 15.0. The van der Waals surface area contributed by atoms with Gasteiger partial charge in [0.2, 0.25) is 5.91 Å². The van der Waals surface area contributed by atoms with Crippen molar-refractivity contribution in [3.8, 4) is 0 Å². The predicted octanol–water partition coefficient (Wildman–Crippen LogP) is 3.56. The summed E-state index contributed by atoms with van der Waals surface area (Å²) in [6.07, 6.45) is 3.75. The maximum absolute atomic E-state index is 13.0. The van der Waals surface area contributed by atoms with Gasteiger partial charge in [-0.1, -0.05) is 0 Å². The van der Waals surface area contributed by atoms with Gasteiger partial charge in [0.25, 0.3) is 5.91 Å². The molecule has 140 valence electrons. The highest BCUT2D eigenvalue weighted by atomic mass is 19.1. The number of carbonyl (C=O) groups is 2. The lowest BCUT2D eigenvalue weighted by Crippen LogP contribution is -2.35. The van der Waals surface area contributed by atoms with E-state index in [-0.39, 0.29) is 24.1 Å². The molecule has 1 N–H and O–H groups in total. The summed E-state index contributed by atoms with van der Waals surface area (Å²) in [5.74, 6) is -0.856. The Morgan fingerprint density at radius 2 is 1.48 bits per heavy atom. The SMILES string of the molecule is O=C1C[C@@H](Nc2ccc(F)cc2)C(=O)N1c1ccc(N2CCCCC2)cc1. The maximum Gasteiger partial charge on any atom is 0.256 e. The molecular weight excluding hydrogens is 345 g/mol. The Balaban J connectivity index is 1.47. The highest BCUT2D eigenvalue weighted by Crippen LogP contribution is 2.28. The molecule has 0 aromatic heterocycles. The van der Waals surface area contributed by atoms with Gasteiger partial charge in [-0.05, 0) is 67.8 Å². The van der Waals surface area contributed by atoms with Crippen LogP contribution in [0, 0.1) is 5.82 Å². The van der Waals surface area contributed by atoms with E-state index in [2.05, 4.69) is 10.2 Å². The van der Waals surface area contributed by atoms with E-state index in [0.29, 0.717) is 11.4 Å². The van der Waals surface area contributed by atoms with Gasteiger partial charge in [0.15, 0.2) is 0 Å². The number of hydrogen-bond acceptors (Lipinski definition) is 4. The van der Waals surface area contributed by atoms with E-state index in [0.717, 1.165) is 18.8 Å². The molecule has 2 aromatic rings. The number of nitrogens with zero attached hydrogens (tertiary/aromatic N) is 2. The van der Waals surface area contributed by atoms with Gasteiger partial charge in [0.1, 0.15) is 11.9 Å². The lowest BCUT2D eigenvalue weighted by molar-refractivity contribution is -0.121. The molecule has 0 saturated carbocycles. The van der Waals surface area contributed by atoms with Crippen LogP contribution in [0.2, 0.25) is 0 Å². The van der Waals surface area contributed by atoms with E-state index in [1.807, 2.05) is 24.3 Å². The minimum Gasteiger partial charge on any atom is -0.373 e. The first kappa shape index (κ1) is 17.5. The average molecular weight is 367 g/mol. The molecule has 2 aromatic carbocycles. The van der Waals surface area contributed by atoms with Crippen LogP contribution in [0.5, 0.6) is 0 Å². The lowest BCUT2D eigenvalue weighted by Gasteiger charge is -2.29. The summed E-state index contributed by atoms with van der Waals surface area (Å²) in [6.45, 7) is 2.09. The average Bonchev–Trinajstić information content (AvgIpc) is 2.98. The summed E-state index contributed by atoms with van der Waals surface area (Å²) in [5, 5.41) is 3.02. The number of amides is 2. The van der Waals surface area contributed by atoms with Crippen LogP contribution in [0.4, 0.5) is 21.5 Å². The topological polar surface area (TPSA) is 52.7 Å². The quantitative estimate of drug-likeness (QED) is 0.840. The molecule has 4 rings (SSSR count). The van der Waals surface area contributed by atoms with Crippen molar-refractivity contribution in [1.82, 2.24) is 0 Å². The predicted molar refractivity (Wildman–Crippen MR) is 103 cm³/mol. The van der Waals surface area contributed by atoms with E-state index in [1.165, 1.54) is 36.3 Å². The number of imide groups is 1. The monoisotopic (exact) mass is 367 g/mol. The number of carbonyl (C=O) groups excluding carboxylic acids is 2. The fourth-order valence-corrected chi connectivity index (χ4v) is 3.73. The molecular formula is C21H22FN3O2. The van der Waals surface area contributed by atoms with Crippen molar-refractivity contribution < 1.29 is 14.0 Å². The second kappa shape index (κ2) is 7.39. The van der Waals surface area contributed by atoms with Crippen LogP contribution < -0.4 is 15.1 Å². The molecule has 0 bridgehead atoms. The molecule has 2 aliphatic heterocycles. The van der Waals surface area contributed by atoms with Crippen LogP contribution in [-0.2, 0) is 9.59 Å². The summed E-state index contributed by atoms with van der Waals surface area (Å²) in [6, 6.07) is 12.7. The third-order valence-corrected chi connectivity index (χ3v) is 5.16. The Morgan fingerprint density at radius 1 is 0.852 bits per heavy atom. The standard InChI is InChI=1S/C21H22FN3O2/c22-15-4-6-16(7-5-15)23-19-14-20(26)25(21(19)27)18-10-8-17(9-11-18)24-12-2-1-3-13-24/h4-11,19,23H,1-3,12-14H2/t19-/m1/s1. The van der Waals surface area contributed by atoms with E-state index in [1.54, 1.807) is 12.1 Å². The van der Waals surface area contributed by atoms with Crippen LogP contribution in [0.1, 0.15) is 25.7 Å². The van der Waals surface area contributed by atoms with Gasteiger partial charge in [-0.25, -0.2) is 9.29 Å². The third-order valence-electron chi connectivity index (χ3n) is 5.16. The highest BCUT2D eigenvalue weighted by molar-refractivity contribution is 6.23. The first-order chi connectivity index (χ1) is 13.1. The van der Waals surface area contributed by atoms with Crippen molar-refractivity contribution >= 4 is 28.9 Å². The largest absolute Gasteiger partial charge is 0.373 e. The van der Waals surface area contributed by atoms with Crippen molar-refractivity contribution in [3.63, 3.8) is 0 Å². The van der Waals surface area contributed by atoms with Gasteiger partial charge in [-0.3, -0.25) is 9.59 Å². The van der Waals surface area contributed by atoms with Crippen molar-refractivity contribution in [2.45, 2.75) is 31.7 Å². The molecule has 0 radical (unpaired) electrons. The number of benzene rings is 2. The van der Waals surface area contributed by atoms with Crippen molar-refractivity contribution in [2.75, 3.05) is 28.2 Å². The van der Waals surface area contributed by atoms with E-state index in [9.17, 15) is 14.0 Å². The molecule has 0 spiro atoms. The molecule has 1 atom stereocenters. The van der Waals surface area contributed by atoms with Crippen LogP contribution in [0.3, 0.4) is 0 Å². The smallest absolute Gasteiger partial charge is 0.256 e. The Hall–Kier alpha value is -2.89. The number of rotatable bonds is 4. The minimum absolute atomic E-state index is 0.0874. The Bertz CT molecular complexity index is 830. The second-order valence-electron chi connectivity index (χ2n) is 7.04. The number of halogens is 1. The van der Waals surface area contributed by atoms with Crippen LogP contribution in [-0.4, -0.2) is 30.9 Å². The number of nitrogens with one attached hydrogen (secondary N) is 1. The Morgan fingerprint density at radius 3 is 2.15 bits per heavy atom. The second-order valence-corrected chi connectivity index (χ2v) is 7.04. The van der Waals surface area contributed by atoms with Crippen LogP contribution >= 0.6 is 0 Å². The summed E-state index contributed by atoms with van der Waals surface area (Å²) in [4.78, 5) is 28.7. The van der Waals surface area contributed by atoms with Crippen LogP contribution in [0.25, 0.3) is 0 Å². The zero-order chi connectivity index (χ0) is 18.8. The summed E-state index contributed by atoms with van der Waals surface area (Å²) in [5.41, 5.74) is 2.33. The fraction of sp³-hybridized carbons (Fsp3) is 0.333. The van der Waals surface area contributed by atoms with Gasteiger partial charge in [-0.15, -0.1) is 0 Å². The molecule has 2 amide bonds. The minimum atomic E-state index is -0.635. The summed E-state index contributed by atoms with van der Waals surface area (Å²) < 4.78 is 13.0. The first-order valence-corrected chi connectivity index (χ1v) is 9.36. The maximum atomic E-state index is 13.0. The summed E-state index contributed by atoms with van der Waals surface area (Å²) >= 11 is 0. The first-order valence-electron chi connectivity index (χ1n) is 9.36. The van der Waals surface area contributed by atoms with Gasteiger partial charge in [0, 0.05) is 24.5 Å². The van der Waals surface area contributed by atoms with E-state index in [4.69, 9.17) is 0 Å². The van der Waals surface area contributed by atoms with Crippen molar-refractivity contribution in [1.29, 1.82) is 0 Å². The van der Waals surface area contributed by atoms with Gasteiger partial charge >= 0.3 is 0 Å². The molecule has 0 aliphatic carbocycles. The molecule has 2 heterocycles. The number of piperidine rings is 1. The summed E-state index contributed by atoms with van der Waals surface area (Å²) in [7, 11) is 0. The number of anilines is 3. The molecule has 0 unspecified atom stereocenters. The Labute approximate surface area is 157 Å². The van der Waals surface area contributed by atoms with Crippen molar-refractivity contribution in [3.05, 3.63) is 54.3 Å². The Kier molecular flexibility index (Phi) is 4.79. The molecule has 2 aliphatic rings. The molecule has 2 saturated heterocycles. The lowest BCUT2D eigenvalue weighted by atomic mass is 10.1. The van der Waals surface area contributed by atoms with Crippen LogP contribution in [0.15, 0.2) is 48.5 Å². The van der Waals surface area contributed by atoms with Gasteiger partial charge in [0.05, 0.1) is 12.1 Å². The third kappa shape index (κ3) is 3.65.